The average Bonchev–Trinajstić information content (AvgIpc) is 2.89. The van der Waals surface area contributed by atoms with Crippen LogP contribution in [-0.2, 0) is 11.3 Å². The second kappa shape index (κ2) is 5.28. The van der Waals surface area contributed by atoms with E-state index in [1.165, 1.54) is 6.07 Å². The Bertz CT molecular complexity index is 419. The normalized spacial score (nSPS) is 28.2. The second-order valence-corrected chi connectivity index (χ2v) is 4.79. The maximum absolute atomic E-state index is 12.9. The Kier molecular flexibility index (Phi) is 3.92. The molecule has 1 aliphatic carbocycles. The standard InChI is InChI=1S/C13H16F3NO/c1-7(4-9-12(16)13(9)17)18-6-8-2-3-10(14)11(15)5-8/h2-3,5,7,9,12-13H,4,6,17H2,1H3/t7-,9-,12?,13?/m0/s1. The molecule has 2 unspecified atom stereocenters. The molecule has 1 aromatic carbocycles. The molecule has 2 nitrogen and oxygen atoms in total. The minimum absolute atomic E-state index is 0.134. The van der Waals surface area contributed by atoms with Crippen molar-refractivity contribution in [3.8, 4) is 0 Å². The maximum Gasteiger partial charge on any atom is 0.159 e. The number of nitrogens with two attached hydrogens (primary N) is 1. The van der Waals surface area contributed by atoms with Crippen LogP contribution >= 0.6 is 0 Å². The Balaban J connectivity index is 1.78. The van der Waals surface area contributed by atoms with E-state index in [1.807, 2.05) is 6.92 Å². The van der Waals surface area contributed by atoms with Crippen LogP contribution in [0.3, 0.4) is 0 Å². The Hall–Kier alpha value is -1.07. The average molecular weight is 259 g/mol. The molecule has 100 valence electrons. The fraction of sp³-hybridized carbons (Fsp3) is 0.538. The van der Waals surface area contributed by atoms with Gasteiger partial charge in [-0.2, -0.15) is 0 Å². The van der Waals surface area contributed by atoms with Crippen LogP contribution in [-0.4, -0.2) is 18.3 Å². The van der Waals surface area contributed by atoms with Gasteiger partial charge in [-0.15, -0.1) is 0 Å². The van der Waals surface area contributed by atoms with E-state index >= 15 is 0 Å². The molecule has 1 aromatic rings. The van der Waals surface area contributed by atoms with Gasteiger partial charge in [0.2, 0.25) is 0 Å². The lowest BCUT2D eigenvalue weighted by molar-refractivity contribution is 0.0420. The van der Waals surface area contributed by atoms with Crippen molar-refractivity contribution in [1.82, 2.24) is 0 Å². The Labute approximate surface area is 104 Å². The van der Waals surface area contributed by atoms with E-state index in [-0.39, 0.29) is 24.7 Å². The second-order valence-electron chi connectivity index (χ2n) is 4.79. The van der Waals surface area contributed by atoms with Gasteiger partial charge in [-0.3, -0.25) is 0 Å². The first-order chi connectivity index (χ1) is 8.49. The predicted octanol–water partition coefficient (Wildman–Crippen LogP) is 2.56. The molecular formula is C13H16F3NO. The highest BCUT2D eigenvalue weighted by atomic mass is 19.2. The summed E-state index contributed by atoms with van der Waals surface area (Å²) in [6.45, 7) is 1.99. The van der Waals surface area contributed by atoms with Crippen molar-refractivity contribution in [2.45, 2.75) is 38.3 Å². The summed E-state index contributed by atoms with van der Waals surface area (Å²) < 4.78 is 44.0. The van der Waals surface area contributed by atoms with Crippen LogP contribution in [0, 0.1) is 17.6 Å². The third-order valence-corrected chi connectivity index (χ3v) is 3.25. The Morgan fingerprint density at radius 3 is 2.56 bits per heavy atom. The quantitative estimate of drug-likeness (QED) is 0.882. The number of hydrogen-bond acceptors (Lipinski definition) is 2. The minimum atomic E-state index is -0.931. The Morgan fingerprint density at radius 1 is 1.33 bits per heavy atom. The van der Waals surface area contributed by atoms with E-state index in [9.17, 15) is 13.2 Å². The number of ether oxygens (including phenoxy) is 1. The summed E-state index contributed by atoms with van der Waals surface area (Å²) in [6.07, 6.45) is -0.541. The van der Waals surface area contributed by atoms with Crippen molar-refractivity contribution in [2.75, 3.05) is 0 Å². The molecule has 0 radical (unpaired) electrons. The molecule has 0 spiro atoms. The van der Waals surface area contributed by atoms with Gasteiger partial charge in [0.05, 0.1) is 12.7 Å². The van der Waals surface area contributed by atoms with Gasteiger partial charge >= 0.3 is 0 Å². The number of benzene rings is 1. The lowest BCUT2D eigenvalue weighted by atomic mass is 10.2. The van der Waals surface area contributed by atoms with Crippen LogP contribution in [0.25, 0.3) is 0 Å². The molecule has 5 heteroatoms. The number of hydrogen-bond donors (Lipinski definition) is 1. The lowest BCUT2D eigenvalue weighted by Gasteiger charge is -2.12. The molecule has 0 saturated heterocycles. The van der Waals surface area contributed by atoms with Crippen molar-refractivity contribution in [2.24, 2.45) is 11.7 Å². The molecule has 4 atom stereocenters. The molecule has 1 fully saturated rings. The topological polar surface area (TPSA) is 35.2 Å². The number of rotatable bonds is 5. The van der Waals surface area contributed by atoms with Crippen molar-refractivity contribution in [3.05, 3.63) is 35.4 Å². The van der Waals surface area contributed by atoms with Gasteiger partial charge in [0.25, 0.3) is 0 Å². The first-order valence-corrected chi connectivity index (χ1v) is 5.94. The summed E-state index contributed by atoms with van der Waals surface area (Å²) in [7, 11) is 0. The van der Waals surface area contributed by atoms with Crippen LogP contribution in [0.1, 0.15) is 18.9 Å². The largest absolute Gasteiger partial charge is 0.374 e. The predicted molar refractivity (Wildman–Crippen MR) is 61.6 cm³/mol. The van der Waals surface area contributed by atoms with E-state index in [4.69, 9.17) is 10.5 Å². The zero-order chi connectivity index (χ0) is 13.3. The molecule has 1 aliphatic rings. The fourth-order valence-corrected chi connectivity index (χ4v) is 1.96. The maximum atomic E-state index is 12.9. The van der Waals surface area contributed by atoms with Crippen molar-refractivity contribution in [3.63, 3.8) is 0 Å². The highest BCUT2D eigenvalue weighted by molar-refractivity contribution is 5.16. The van der Waals surface area contributed by atoms with E-state index in [2.05, 4.69) is 0 Å². The molecule has 18 heavy (non-hydrogen) atoms. The van der Waals surface area contributed by atoms with Gasteiger partial charge in [-0.25, -0.2) is 13.2 Å². The van der Waals surface area contributed by atoms with Crippen LogP contribution in [0.5, 0.6) is 0 Å². The molecule has 0 amide bonds. The first-order valence-electron chi connectivity index (χ1n) is 5.94. The van der Waals surface area contributed by atoms with Crippen LogP contribution < -0.4 is 5.73 Å². The summed E-state index contributed by atoms with van der Waals surface area (Å²) in [5.74, 6) is -1.90. The first kappa shape index (κ1) is 13.4. The summed E-state index contributed by atoms with van der Waals surface area (Å²) in [4.78, 5) is 0. The molecule has 0 bridgehead atoms. The van der Waals surface area contributed by atoms with Gasteiger partial charge < -0.3 is 10.5 Å². The highest BCUT2D eigenvalue weighted by Crippen LogP contribution is 2.37. The third kappa shape index (κ3) is 3.03. The SMILES string of the molecule is C[C@@H](C[C@@H]1C(N)C1F)OCc1ccc(F)c(F)c1. The van der Waals surface area contributed by atoms with Crippen LogP contribution in [0.2, 0.25) is 0 Å². The van der Waals surface area contributed by atoms with E-state index in [0.29, 0.717) is 12.0 Å². The fourth-order valence-electron chi connectivity index (χ4n) is 1.96. The molecule has 2 rings (SSSR count). The van der Waals surface area contributed by atoms with Gasteiger partial charge in [0, 0.05) is 12.0 Å². The molecule has 0 aromatic heterocycles. The summed E-state index contributed by atoms with van der Waals surface area (Å²) in [6, 6.07) is 3.25. The summed E-state index contributed by atoms with van der Waals surface area (Å²) >= 11 is 0. The van der Waals surface area contributed by atoms with Gasteiger partial charge in [-0.1, -0.05) is 6.07 Å². The highest BCUT2D eigenvalue weighted by Gasteiger charge is 2.48. The smallest absolute Gasteiger partial charge is 0.159 e. The zero-order valence-corrected chi connectivity index (χ0v) is 10.1. The molecular weight excluding hydrogens is 243 g/mol. The van der Waals surface area contributed by atoms with E-state index in [0.717, 1.165) is 12.1 Å². The summed E-state index contributed by atoms with van der Waals surface area (Å²) in [5, 5.41) is 0. The van der Waals surface area contributed by atoms with Gasteiger partial charge in [-0.05, 0) is 31.0 Å². The molecule has 0 heterocycles. The minimum Gasteiger partial charge on any atom is -0.374 e. The molecule has 1 saturated carbocycles. The molecule has 0 aliphatic heterocycles. The van der Waals surface area contributed by atoms with E-state index in [1.54, 1.807) is 0 Å². The van der Waals surface area contributed by atoms with Crippen LogP contribution in [0.4, 0.5) is 13.2 Å². The van der Waals surface area contributed by atoms with E-state index < -0.39 is 17.8 Å². The van der Waals surface area contributed by atoms with Crippen molar-refractivity contribution < 1.29 is 17.9 Å². The zero-order valence-electron chi connectivity index (χ0n) is 10.1. The number of alkyl halides is 1. The van der Waals surface area contributed by atoms with Crippen molar-refractivity contribution >= 4 is 0 Å². The van der Waals surface area contributed by atoms with Gasteiger partial charge in [0.1, 0.15) is 6.17 Å². The van der Waals surface area contributed by atoms with Crippen LogP contribution in [0.15, 0.2) is 18.2 Å². The Morgan fingerprint density at radius 2 is 2.00 bits per heavy atom. The van der Waals surface area contributed by atoms with Gasteiger partial charge in [0.15, 0.2) is 11.6 Å². The van der Waals surface area contributed by atoms with Crippen molar-refractivity contribution in [1.29, 1.82) is 0 Å². The lowest BCUT2D eigenvalue weighted by Crippen LogP contribution is -2.12. The third-order valence-electron chi connectivity index (χ3n) is 3.25. The summed E-state index contributed by atoms with van der Waals surface area (Å²) in [5.41, 5.74) is 6.03. The molecule has 2 N–H and O–H groups in total. The monoisotopic (exact) mass is 259 g/mol. The number of halogens is 3.